The van der Waals surface area contributed by atoms with Crippen molar-refractivity contribution in [1.82, 2.24) is 10.1 Å². The zero-order valence-electron chi connectivity index (χ0n) is 13.0. The molecule has 2 unspecified atom stereocenters. The summed E-state index contributed by atoms with van der Waals surface area (Å²) in [4.78, 5) is 4.55. The zero-order chi connectivity index (χ0) is 15.1. The van der Waals surface area contributed by atoms with E-state index in [1.165, 1.54) is 32.1 Å². The Morgan fingerprint density at radius 2 is 2.14 bits per heavy atom. The maximum absolute atomic E-state index is 8.66. The fourth-order valence-electron chi connectivity index (χ4n) is 3.01. The lowest BCUT2D eigenvalue weighted by Gasteiger charge is -2.27. The molecule has 116 valence electrons. The SMILES string of the molecule is CCOC(c1noc(C(C)CCC#N)n1)C1CCCCC1. The molecular weight excluding hydrogens is 266 g/mol. The molecule has 2 atom stereocenters. The van der Waals surface area contributed by atoms with E-state index in [4.69, 9.17) is 14.5 Å². The lowest BCUT2D eigenvalue weighted by Crippen LogP contribution is -2.20. The number of rotatable bonds is 7. The van der Waals surface area contributed by atoms with E-state index >= 15 is 0 Å². The summed E-state index contributed by atoms with van der Waals surface area (Å²) in [6.07, 6.45) is 7.41. The summed E-state index contributed by atoms with van der Waals surface area (Å²) in [6.45, 7) is 4.69. The Bertz CT molecular complexity index is 460. The average molecular weight is 291 g/mol. The van der Waals surface area contributed by atoms with Crippen LogP contribution in [0.1, 0.15) is 82.5 Å². The molecule has 0 bridgehead atoms. The average Bonchev–Trinajstić information content (AvgIpc) is 3.00. The van der Waals surface area contributed by atoms with Crippen molar-refractivity contribution < 1.29 is 9.26 Å². The molecule has 1 heterocycles. The van der Waals surface area contributed by atoms with Gasteiger partial charge in [-0.3, -0.25) is 0 Å². The Morgan fingerprint density at radius 1 is 1.38 bits per heavy atom. The predicted octanol–water partition coefficient (Wildman–Crippen LogP) is 4.13. The van der Waals surface area contributed by atoms with Gasteiger partial charge in [-0.25, -0.2) is 0 Å². The van der Waals surface area contributed by atoms with Crippen molar-refractivity contribution in [3.63, 3.8) is 0 Å². The summed E-state index contributed by atoms with van der Waals surface area (Å²) in [5, 5.41) is 12.8. The van der Waals surface area contributed by atoms with Gasteiger partial charge >= 0.3 is 0 Å². The third-order valence-electron chi connectivity index (χ3n) is 4.25. The predicted molar refractivity (Wildman–Crippen MR) is 78.5 cm³/mol. The van der Waals surface area contributed by atoms with Crippen molar-refractivity contribution in [3.05, 3.63) is 11.7 Å². The van der Waals surface area contributed by atoms with Crippen LogP contribution in [0.25, 0.3) is 0 Å². The molecule has 1 aromatic rings. The summed E-state index contributed by atoms with van der Waals surface area (Å²) in [5.74, 6) is 1.93. The van der Waals surface area contributed by atoms with Crippen LogP contribution in [-0.2, 0) is 4.74 Å². The minimum Gasteiger partial charge on any atom is -0.370 e. The quantitative estimate of drug-likeness (QED) is 0.755. The number of nitrogens with zero attached hydrogens (tertiary/aromatic N) is 3. The molecule has 0 saturated heterocycles. The Balaban J connectivity index is 2.06. The number of ether oxygens (including phenoxy) is 1. The lowest BCUT2D eigenvalue weighted by atomic mass is 9.85. The summed E-state index contributed by atoms with van der Waals surface area (Å²) >= 11 is 0. The normalized spacial score (nSPS) is 19.1. The largest absolute Gasteiger partial charge is 0.370 e. The van der Waals surface area contributed by atoms with Gasteiger partial charge in [0.15, 0.2) is 0 Å². The molecule has 2 rings (SSSR count). The summed E-state index contributed by atoms with van der Waals surface area (Å²) in [7, 11) is 0. The van der Waals surface area contributed by atoms with Crippen molar-refractivity contribution in [2.45, 2.75) is 70.8 Å². The van der Waals surface area contributed by atoms with Gasteiger partial charge in [0.25, 0.3) is 0 Å². The molecule has 0 radical (unpaired) electrons. The van der Waals surface area contributed by atoms with Crippen LogP contribution in [0, 0.1) is 17.2 Å². The monoisotopic (exact) mass is 291 g/mol. The molecule has 5 nitrogen and oxygen atoms in total. The van der Waals surface area contributed by atoms with Crippen LogP contribution in [-0.4, -0.2) is 16.7 Å². The second-order valence-electron chi connectivity index (χ2n) is 5.86. The summed E-state index contributed by atoms with van der Waals surface area (Å²) in [5.41, 5.74) is 0. The maximum Gasteiger partial charge on any atom is 0.229 e. The Morgan fingerprint density at radius 3 is 2.81 bits per heavy atom. The van der Waals surface area contributed by atoms with Gasteiger partial charge in [-0.2, -0.15) is 10.2 Å². The Kier molecular flexibility index (Phi) is 6.19. The molecule has 0 aromatic carbocycles. The van der Waals surface area contributed by atoms with E-state index < -0.39 is 0 Å². The molecule has 0 amide bonds. The van der Waals surface area contributed by atoms with Crippen molar-refractivity contribution >= 4 is 0 Å². The van der Waals surface area contributed by atoms with E-state index in [0.29, 0.717) is 30.7 Å². The summed E-state index contributed by atoms with van der Waals surface area (Å²) < 4.78 is 11.3. The molecule has 5 heteroatoms. The van der Waals surface area contributed by atoms with E-state index in [0.717, 1.165) is 6.42 Å². The van der Waals surface area contributed by atoms with Gasteiger partial charge in [0.05, 0.1) is 6.07 Å². The highest BCUT2D eigenvalue weighted by Gasteiger charge is 2.30. The lowest BCUT2D eigenvalue weighted by molar-refractivity contribution is -0.00145. The van der Waals surface area contributed by atoms with Gasteiger partial charge in [-0.1, -0.05) is 31.3 Å². The molecular formula is C16H25N3O2. The van der Waals surface area contributed by atoms with Crippen LogP contribution >= 0.6 is 0 Å². The minimum absolute atomic E-state index is 0.0454. The molecule has 1 fully saturated rings. The first kappa shape index (κ1) is 16.0. The molecule has 0 aliphatic heterocycles. The Labute approximate surface area is 126 Å². The highest BCUT2D eigenvalue weighted by atomic mass is 16.5. The number of nitriles is 1. The topological polar surface area (TPSA) is 71.9 Å². The van der Waals surface area contributed by atoms with Crippen LogP contribution in [0.5, 0.6) is 0 Å². The van der Waals surface area contributed by atoms with E-state index in [2.05, 4.69) is 16.2 Å². The second-order valence-corrected chi connectivity index (χ2v) is 5.86. The van der Waals surface area contributed by atoms with Gasteiger partial charge in [0.2, 0.25) is 11.7 Å². The smallest absolute Gasteiger partial charge is 0.229 e. The van der Waals surface area contributed by atoms with Gasteiger partial charge in [-0.05, 0) is 32.1 Å². The summed E-state index contributed by atoms with van der Waals surface area (Å²) in [6, 6.07) is 2.16. The van der Waals surface area contributed by atoms with Crippen LogP contribution in [0.3, 0.4) is 0 Å². The molecule has 0 N–H and O–H groups in total. The molecule has 1 aliphatic carbocycles. The fraction of sp³-hybridized carbons (Fsp3) is 0.812. The number of hydrogen-bond acceptors (Lipinski definition) is 5. The van der Waals surface area contributed by atoms with Crippen molar-refractivity contribution in [2.75, 3.05) is 6.61 Å². The first-order chi connectivity index (χ1) is 10.3. The minimum atomic E-state index is -0.0454. The third-order valence-corrected chi connectivity index (χ3v) is 4.25. The molecule has 1 aliphatic rings. The van der Waals surface area contributed by atoms with E-state index in [9.17, 15) is 0 Å². The fourth-order valence-corrected chi connectivity index (χ4v) is 3.01. The first-order valence-corrected chi connectivity index (χ1v) is 8.08. The number of hydrogen-bond donors (Lipinski definition) is 0. The van der Waals surface area contributed by atoms with Gasteiger partial charge < -0.3 is 9.26 Å². The van der Waals surface area contributed by atoms with Crippen LogP contribution in [0.15, 0.2) is 4.52 Å². The Hall–Kier alpha value is -1.41. The van der Waals surface area contributed by atoms with E-state index in [-0.39, 0.29) is 12.0 Å². The molecule has 0 spiro atoms. The van der Waals surface area contributed by atoms with Crippen LogP contribution < -0.4 is 0 Å². The van der Waals surface area contributed by atoms with Gasteiger partial charge in [-0.15, -0.1) is 0 Å². The van der Waals surface area contributed by atoms with E-state index in [1.54, 1.807) is 0 Å². The first-order valence-electron chi connectivity index (χ1n) is 8.08. The van der Waals surface area contributed by atoms with E-state index in [1.807, 2.05) is 13.8 Å². The second kappa shape index (κ2) is 8.14. The van der Waals surface area contributed by atoms with Gasteiger partial charge in [0, 0.05) is 18.9 Å². The highest BCUT2D eigenvalue weighted by Crippen LogP contribution is 2.36. The van der Waals surface area contributed by atoms with Crippen molar-refractivity contribution in [2.24, 2.45) is 5.92 Å². The van der Waals surface area contributed by atoms with Gasteiger partial charge in [0.1, 0.15) is 6.10 Å². The van der Waals surface area contributed by atoms with Crippen LogP contribution in [0.4, 0.5) is 0 Å². The zero-order valence-corrected chi connectivity index (χ0v) is 13.0. The van der Waals surface area contributed by atoms with Crippen LogP contribution in [0.2, 0.25) is 0 Å². The highest BCUT2D eigenvalue weighted by molar-refractivity contribution is 4.98. The molecule has 1 saturated carbocycles. The standard InChI is InChI=1S/C16H25N3O2/c1-3-20-14(13-9-5-4-6-10-13)15-18-16(21-19-15)12(2)8-7-11-17/h12-14H,3-10H2,1-2H3. The third kappa shape index (κ3) is 4.28. The molecule has 21 heavy (non-hydrogen) atoms. The van der Waals surface area contributed by atoms with Crippen molar-refractivity contribution in [3.8, 4) is 6.07 Å². The number of aromatic nitrogens is 2. The van der Waals surface area contributed by atoms with Crippen molar-refractivity contribution in [1.29, 1.82) is 5.26 Å². The molecule has 1 aromatic heterocycles. The maximum atomic E-state index is 8.66.